The first kappa shape index (κ1) is 14.3. The lowest BCUT2D eigenvalue weighted by Gasteiger charge is -2.27. The first-order valence-corrected chi connectivity index (χ1v) is 6.25. The van der Waals surface area contributed by atoms with Gasteiger partial charge >= 0.3 is 6.18 Å². The van der Waals surface area contributed by atoms with Crippen molar-refractivity contribution >= 4 is 0 Å². The first-order chi connectivity index (χ1) is 8.95. The summed E-state index contributed by atoms with van der Waals surface area (Å²) >= 11 is 0. The van der Waals surface area contributed by atoms with Gasteiger partial charge in [0.1, 0.15) is 5.82 Å². The molecule has 0 radical (unpaired) electrons. The van der Waals surface area contributed by atoms with Crippen LogP contribution in [0, 0.1) is 5.82 Å². The van der Waals surface area contributed by atoms with Gasteiger partial charge in [0, 0.05) is 32.7 Å². The molecule has 2 rings (SSSR count). The molecule has 1 heterocycles. The molecule has 0 bridgehead atoms. The Bertz CT molecular complexity index is 425. The summed E-state index contributed by atoms with van der Waals surface area (Å²) in [6, 6.07) is 2.75. The maximum absolute atomic E-state index is 13.2. The molecular formula is C13H16F4N2. The number of hydrogen-bond acceptors (Lipinski definition) is 2. The van der Waals surface area contributed by atoms with Crippen LogP contribution in [0.15, 0.2) is 18.2 Å². The predicted molar refractivity (Wildman–Crippen MR) is 64.4 cm³/mol. The molecule has 1 aromatic carbocycles. The molecule has 19 heavy (non-hydrogen) atoms. The summed E-state index contributed by atoms with van der Waals surface area (Å²) < 4.78 is 50.9. The van der Waals surface area contributed by atoms with E-state index in [1.165, 1.54) is 6.07 Å². The average molecular weight is 276 g/mol. The number of piperazine rings is 1. The summed E-state index contributed by atoms with van der Waals surface area (Å²) in [5.74, 6) is -0.829. The van der Waals surface area contributed by atoms with E-state index in [0.29, 0.717) is 24.6 Å². The molecule has 0 spiro atoms. The highest BCUT2D eigenvalue weighted by molar-refractivity contribution is 5.27. The van der Waals surface area contributed by atoms with Crippen molar-refractivity contribution in [3.63, 3.8) is 0 Å². The molecule has 1 aliphatic heterocycles. The van der Waals surface area contributed by atoms with Crippen LogP contribution in [-0.2, 0) is 12.6 Å². The molecule has 106 valence electrons. The third kappa shape index (κ3) is 4.18. The fraction of sp³-hybridized carbons (Fsp3) is 0.538. The number of nitrogens with zero attached hydrogens (tertiary/aromatic N) is 1. The zero-order valence-corrected chi connectivity index (χ0v) is 10.4. The number of halogens is 4. The number of rotatable bonds is 3. The van der Waals surface area contributed by atoms with Crippen LogP contribution in [0.3, 0.4) is 0 Å². The Morgan fingerprint density at radius 1 is 1.11 bits per heavy atom. The van der Waals surface area contributed by atoms with Gasteiger partial charge in [-0.1, -0.05) is 0 Å². The monoisotopic (exact) mass is 276 g/mol. The molecule has 1 saturated heterocycles. The van der Waals surface area contributed by atoms with Crippen LogP contribution in [0.25, 0.3) is 0 Å². The lowest BCUT2D eigenvalue weighted by atomic mass is 10.1. The van der Waals surface area contributed by atoms with Crippen LogP contribution in [0.1, 0.15) is 11.1 Å². The van der Waals surface area contributed by atoms with Crippen molar-refractivity contribution in [1.29, 1.82) is 0 Å². The van der Waals surface area contributed by atoms with Gasteiger partial charge in [0.2, 0.25) is 0 Å². The molecule has 1 aliphatic rings. The summed E-state index contributed by atoms with van der Waals surface area (Å²) in [5, 5.41) is 3.20. The summed E-state index contributed by atoms with van der Waals surface area (Å²) in [7, 11) is 0. The van der Waals surface area contributed by atoms with Gasteiger partial charge < -0.3 is 10.2 Å². The molecule has 0 amide bonds. The highest BCUT2D eigenvalue weighted by Crippen LogP contribution is 2.30. The van der Waals surface area contributed by atoms with Crippen molar-refractivity contribution in [3.05, 3.63) is 35.1 Å². The topological polar surface area (TPSA) is 15.3 Å². The number of nitrogens with one attached hydrogen (secondary N) is 1. The van der Waals surface area contributed by atoms with Crippen molar-refractivity contribution in [2.45, 2.75) is 12.6 Å². The Hall–Kier alpha value is -1.14. The van der Waals surface area contributed by atoms with Crippen LogP contribution in [0.2, 0.25) is 0 Å². The average Bonchev–Trinajstić information content (AvgIpc) is 2.36. The molecule has 2 nitrogen and oxygen atoms in total. The summed E-state index contributed by atoms with van der Waals surface area (Å²) in [5.41, 5.74) is -0.520. The number of hydrogen-bond donors (Lipinski definition) is 1. The van der Waals surface area contributed by atoms with E-state index in [9.17, 15) is 17.6 Å². The van der Waals surface area contributed by atoms with Gasteiger partial charge in [-0.25, -0.2) is 4.39 Å². The zero-order valence-electron chi connectivity index (χ0n) is 10.4. The Balaban J connectivity index is 2.01. The third-order valence-corrected chi connectivity index (χ3v) is 3.21. The number of alkyl halides is 3. The standard InChI is InChI=1S/C13H16F4N2/c14-12-8-10(7-11(9-12)13(15,16)17)1-4-19-5-2-18-3-6-19/h7-9,18H,1-6H2. The Kier molecular flexibility index (Phi) is 4.42. The van der Waals surface area contributed by atoms with Crippen LogP contribution in [-0.4, -0.2) is 37.6 Å². The van der Waals surface area contributed by atoms with Crippen LogP contribution in [0.5, 0.6) is 0 Å². The maximum Gasteiger partial charge on any atom is 0.416 e. The summed E-state index contributed by atoms with van der Waals surface area (Å²) in [4.78, 5) is 2.16. The van der Waals surface area contributed by atoms with Gasteiger partial charge in [-0.2, -0.15) is 13.2 Å². The van der Waals surface area contributed by atoms with Gasteiger partial charge in [-0.05, 0) is 30.2 Å². The quantitative estimate of drug-likeness (QED) is 0.852. The molecule has 1 fully saturated rings. The first-order valence-electron chi connectivity index (χ1n) is 6.25. The molecule has 0 aromatic heterocycles. The van der Waals surface area contributed by atoms with E-state index in [1.807, 2.05) is 0 Å². The second kappa shape index (κ2) is 5.88. The fourth-order valence-electron chi connectivity index (χ4n) is 2.18. The zero-order chi connectivity index (χ0) is 13.9. The predicted octanol–water partition coefficient (Wildman–Crippen LogP) is 2.29. The van der Waals surface area contributed by atoms with E-state index >= 15 is 0 Å². The molecule has 0 aliphatic carbocycles. The molecule has 1 N–H and O–H groups in total. The Morgan fingerprint density at radius 2 is 1.79 bits per heavy atom. The minimum Gasteiger partial charge on any atom is -0.314 e. The Morgan fingerprint density at radius 3 is 2.42 bits per heavy atom. The third-order valence-electron chi connectivity index (χ3n) is 3.21. The normalized spacial score (nSPS) is 17.7. The van der Waals surface area contributed by atoms with Gasteiger partial charge in [-0.3, -0.25) is 0 Å². The van der Waals surface area contributed by atoms with Crippen molar-refractivity contribution in [2.24, 2.45) is 0 Å². The van der Waals surface area contributed by atoms with Gasteiger partial charge in [0.05, 0.1) is 5.56 Å². The van der Waals surface area contributed by atoms with Gasteiger partial charge in [-0.15, -0.1) is 0 Å². The molecular weight excluding hydrogens is 260 g/mol. The number of benzene rings is 1. The highest BCUT2D eigenvalue weighted by atomic mass is 19.4. The molecule has 0 saturated carbocycles. The van der Waals surface area contributed by atoms with Gasteiger partial charge in [0.25, 0.3) is 0 Å². The van der Waals surface area contributed by atoms with E-state index in [0.717, 1.165) is 32.2 Å². The minimum absolute atomic E-state index is 0.394. The van der Waals surface area contributed by atoms with E-state index in [-0.39, 0.29) is 0 Å². The lowest BCUT2D eigenvalue weighted by molar-refractivity contribution is -0.137. The fourth-order valence-corrected chi connectivity index (χ4v) is 2.18. The van der Waals surface area contributed by atoms with Gasteiger partial charge in [0.15, 0.2) is 0 Å². The van der Waals surface area contributed by atoms with E-state index in [2.05, 4.69) is 10.2 Å². The van der Waals surface area contributed by atoms with E-state index in [4.69, 9.17) is 0 Å². The summed E-state index contributed by atoms with van der Waals surface area (Å²) in [6.45, 7) is 4.18. The lowest BCUT2D eigenvalue weighted by Crippen LogP contribution is -2.44. The highest BCUT2D eigenvalue weighted by Gasteiger charge is 2.31. The maximum atomic E-state index is 13.2. The van der Waals surface area contributed by atoms with Crippen molar-refractivity contribution < 1.29 is 17.6 Å². The molecule has 0 unspecified atom stereocenters. The van der Waals surface area contributed by atoms with E-state index in [1.54, 1.807) is 0 Å². The SMILES string of the molecule is Fc1cc(CCN2CCNCC2)cc(C(F)(F)F)c1. The molecule has 0 atom stereocenters. The van der Waals surface area contributed by atoms with E-state index < -0.39 is 17.6 Å². The molecule has 1 aromatic rings. The smallest absolute Gasteiger partial charge is 0.314 e. The van der Waals surface area contributed by atoms with Crippen molar-refractivity contribution in [2.75, 3.05) is 32.7 Å². The van der Waals surface area contributed by atoms with Crippen LogP contribution in [0.4, 0.5) is 17.6 Å². The van der Waals surface area contributed by atoms with Crippen molar-refractivity contribution in [1.82, 2.24) is 10.2 Å². The largest absolute Gasteiger partial charge is 0.416 e. The van der Waals surface area contributed by atoms with Crippen LogP contribution >= 0.6 is 0 Å². The second-order valence-electron chi connectivity index (χ2n) is 4.69. The Labute approximate surface area is 109 Å². The van der Waals surface area contributed by atoms with Crippen molar-refractivity contribution in [3.8, 4) is 0 Å². The van der Waals surface area contributed by atoms with Crippen LogP contribution < -0.4 is 5.32 Å². The second-order valence-corrected chi connectivity index (χ2v) is 4.69. The summed E-state index contributed by atoms with van der Waals surface area (Å²) in [6.07, 6.45) is -4.06. The minimum atomic E-state index is -4.49. The molecule has 6 heteroatoms.